The molecule has 2 aliphatic rings. The first-order valence-corrected chi connectivity index (χ1v) is 12.4. The molecule has 9 nitrogen and oxygen atoms in total. The minimum Gasteiger partial charge on any atom is -0.464 e. The average Bonchev–Trinajstić information content (AvgIpc) is 3.34. The van der Waals surface area contributed by atoms with Gasteiger partial charge in [-0.2, -0.15) is 0 Å². The molecular formula is C28H33NO8. The highest BCUT2D eigenvalue weighted by Gasteiger charge is 2.61. The van der Waals surface area contributed by atoms with Crippen LogP contribution < -0.4 is 0 Å². The molecule has 6 atom stereocenters. The van der Waals surface area contributed by atoms with E-state index in [9.17, 15) is 14.4 Å². The van der Waals surface area contributed by atoms with Gasteiger partial charge in [0.25, 0.3) is 0 Å². The fraction of sp³-hybridized carbons (Fsp3) is 0.464. The van der Waals surface area contributed by atoms with Crippen LogP contribution in [0, 0.1) is 0 Å². The Morgan fingerprint density at radius 2 is 1.27 bits per heavy atom. The number of hydrogen-bond donors (Lipinski definition) is 0. The molecule has 0 spiro atoms. The summed E-state index contributed by atoms with van der Waals surface area (Å²) < 4.78 is 29.6. The van der Waals surface area contributed by atoms with E-state index in [2.05, 4.69) is 0 Å². The minimum absolute atomic E-state index is 0.0517. The lowest BCUT2D eigenvalue weighted by Gasteiger charge is -2.30. The number of fused-ring (bicyclic) bond motifs is 1. The number of benzene rings is 2. The number of nitrogens with zero attached hydrogens (tertiary/aromatic N) is 1. The molecule has 2 fully saturated rings. The third-order valence-corrected chi connectivity index (χ3v) is 6.59. The fourth-order valence-corrected chi connectivity index (χ4v) is 5.16. The lowest BCUT2D eigenvalue weighted by Crippen LogP contribution is -2.47. The lowest BCUT2D eigenvalue weighted by atomic mass is 10.0. The summed E-state index contributed by atoms with van der Waals surface area (Å²) in [7, 11) is 0. The predicted molar refractivity (Wildman–Crippen MR) is 132 cm³/mol. The number of ether oxygens (including phenoxy) is 5. The smallest absolute Gasteiger partial charge is 0.303 e. The van der Waals surface area contributed by atoms with E-state index < -0.39 is 54.4 Å². The lowest BCUT2D eigenvalue weighted by molar-refractivity contribution is -0.167. The maximum absolute atomic E-state index is 12.1. The molecule has 2 aromatic rings. The number of carbonyl (C=O) groups is 3. The summed E-state index contributed by atoms with van der Waals surface area (Å²) in [5.41, 5.74) is 1.95. The first-order chi connectivity index (χ1) is 17.8. The molecule has 0 amide bonds. The molecule has 0 saturated carbocycles. The summed E-state index contributed by atoms with van der Waals surface area (Å²) in [6.07, 6.45) is -2.53. The quantitative estimate of drug-likeness (QED) is 0.352. The summed E-state index contributed by atoms with van der Waals surface area (Å²) >= 11 is 0. The van der Waals surface area contributed by atoms with Crippen LogP contribution in [0.3, 0.4) is 0 Å². The highest BCUT2D eigenvalue weighted by atomic mass is 16.6. The van der Waals surface area contributed by atoms with Gasteiger partial charge in [-0.05, 0) is 11.1 Å². The summed E-state index contributed by atoms with van der Waals surface area (Å²) in [6.45, 7) is 4.94. The molecule has 2 aromatic carbocycles. The average molecular weight is 512 g/mol. The topological polar surface area (TPSA) is 101 Å². The standard InChI is InChI=1S/C28H33NO8/c1-18(30)33-17-23-26(34-15-21-10-6-4-7-11-21)28(35-16-22-12-8-5-9-13-22)25-27(37-20(3)32)24(14-29(23)25)36-19(2)31/h4-13,23-28H,14-17H2,1-3H3/t23-,24-,25+,26+,27+,28+/m0/s1. The van der Waals surface area contributed by atoms with Crippen molar-refractivity contribution in [3.8, 4) is 0 Å². The third kappa shape index (κ3) is 6.74. The molecule has 2 saturated heterocycles. The molecule has 2 aliphatic heterocycles. The highest BCUT2D eigenvalue weighted by Crippen LogP contribution is 2.40. The van der Waals surface area contributed by atoms with E-state index in [-0.39, 0.29) is 13.2 Å². The molecule has 0 aromatic heterocycles. The van der Waals surface area contributed by atoms with E-state index >= 15 is 0 Å². The largest absolute Gasteiger partial charge is 0.464 e. The molecule has 0 radical (unpaired) electrons. The molecule has 2 heterocycles. The van der Waals surface area contributed by atoms with E-state index in [0.29, 0.717) is 13.2 Å². The zero-order valence-corrected chi connectivity index (χ0v) is 21.3. The van der Waals surface area contributed by atoms with Gasteiger partial charge in [-0.3, -0.25) is 19.3 Å². The van der Waals surface area contributed by atoms with Gasteiger partial charge in [-0.25, -0.2) is 0 Å². The van der Waals surface area contributed by atoms with Crippen LogP contribution in [0.25, 0.3) is 0 Å². The Hall–Kier alpha value is -3.27. The number of rotatable bonds is 10. The molecule has 0 bridgehead atoms. The van der Waals surface area contributed by atoms with Crippen LogP contribution in [0.5, 0.6) is 0 Å². The first-order valence-electron chi connectivity index (χ1n) is 12.4. The monoisotopic (exact) mass is 511 g/mol. The van der Waals surface area contributed by atoms with E-state index in [1.165, 1.54) is 20.8 Å². The second-order valence-corrected chi connectivity index (χ2v) is 9.30. The van der Waals surface area contributed by atoms with Crippen LogP contribution >= 0.6 is 0 Å². The van der Waals surface area contributed by atoms with Gasteiger partial charge in [0.05, 0.1) is 25.3 Å². The van der Waals surface area contributed by atoms with Crippen molar-refractivity contribution >= 4 is 17.9 Å². The van der Waals surface area contributed by atoms with Crippen molar-refractivity contribution in [3.63, 3.8) is 0 Å². The van der Waals surface area contributed by atoms with Gasteiger partial charge in [0, 0.05) is 27.3 Å². The first kappa shape index (κ1) is 26.8. The van der Waals surface area contributed by atoms with Gasteiger partial charge in [-0.1, -0.05) is 60.7 Å². The Morgan fingerprint density at radius 1 is 0.730 bits per heavy atom. The van der Waals surface area contributed by atoms with Crippen LogP contribution in [-0.4, -0.2) is 72.5 Å². The van der Waals surface area contributed by atoms with Crippen molar-refractivity contribution in [1.29, 1.82) is 0 Å². The van der Waals surface area contributed by atoms with Gasteiger partial charge >= 0.3 is 17.9 Å². The van der Waals surface area contributed by atoms with Crippen molar-refractivity contribution in [2.75, 3.05) is 13.2 Å². The molecule has 198 valence electrons. The van der Waals surface area contributed by atoms with Gasteiger partial charge < -0.3 is 23.7 Å². The van der Waals surface area contributed by atoms with E-state index in [1.54, 1.807) is 0 Å². The molecule has 4 rings (SSSR count). The van der Waals surface area contributed by atoms with Crippen LogP contribution in [0.2, 0.25) is 0 Å². The van der Waals surface area contributed by atoms with E-state index in [4.69, 9.17) is 23.7 Å². The number of esters is 3. The summed E-state index contributed by atoms with van der Waals surface area (Å²) in [6, 6.07) is 18.6. The molecular weight excluding hydrogens is 478 g/mol. The van der Waals surface area contributed by atoms with E-state index in [0.717, 1.165) is 11.1 Å². The van der Waals surface area contributed by atoms with Crippen molar-refractivity contribution in [1.82, 2.24) is 4.90 Å². The van der Waals surface area contributed by atoms with Gasteiger partial charge in [0.2, 0.25) is 0 Å². The maximum Gasteiger partial charge on any atom is 0.303 e. The number of carbonyl (C=O) groups excluding carboxylic acids is 3. The summed E-state index contributed by atoms with van der Waals surface area (Å²) in [5.74, 6) is -1.38. The Bertz CT molecular complexity index is 1060. The molecule has 9 heteroatoms. The van der Waals surface area contributed by atoms with Crippen molar-refractivity contribution in [3.05, 3.63) is 71.8 Å². The van der Waals surface area contributed by atoms with Crippen molar-refractivity contribution in [2.45, 2.75) is 70.5 Å². The zero-order chi connectivity index (χ0) is 26.4. The third-order valence-electron chi connectivity index (χ3n) is 6.59. The van der Waals surface area contributed by atoms with E-state index in [1.807, 2.05) is 65.6 Å². The second kappa shape index (κ2) is 12.3. The summed E-state index contributed by atoms with van der Waals surface area (Å²) in [4.78, 5) is 37.7. The molecule has 37 heavy (non-hydrogen) atoms. The van der Waals surface area contributed by atoms with Crippen molar-refractivity contribution in [2.24, 2.45) is 0 Å². The Balaban J connectivity index is 1.66. The maximum atomic E-state index is 12.1. The Labute approximate surface area is 216 Å². The van der Waals surface area contributed by atoms with Crippen LogP contribution in [-0.2, 0) is 51.3 Å². The fourth-order valence-electron chi connectivity index (χ4n) is 5.16. The molecule has 0 aliphatic carbocycles. The normalized spacial score (nSPS) is 26.9. The highest BCUT2D eigenvalue weighted by molar-refractivity contribution is 5.68. The van der Waals surface area contributed by atoms with Crippen LogP contribution in [0.15, 0.2) is 60.7 Å². The summed E-state index contributed by atoms with van der Waals surface area (Å²) in [5, 5.41) is 0. The zero-order valence-electron chi connectivity index (χ0n) is 21.3. The Kier molecular flexibility index (Phi) is 8.91. The Morgan fingerprint density at radius 3 is 1.78 bits per heavy atom. The van der Waals surface area contributed by atoms with Gasteiger partial charge in [-0.15, -0.1) is 0 Å². The number of hydrogen-bond acceptors (Lipinski definition) is 9. The second-order valence-electron chi connectivity index (χ2n) is 9.30. The van der Waals surface area contributed by atoms with Gasteiger partial charge in [0.15, 0.2) is 12.2 Å². The predicted octanol–water partition coefficient (Wildman–Crippen LogP) is 2.65. The minimum atomic E-state index is -0.771. The van der Waals surface area contributed by atoms with Crippen molar-refractivity contribution < 1.29 is 38.1 Å². The molecule has 0 N–H and O–H groups in total. The van der Waals surface area contributed by atoms with Crippen LogP contribution in [0.4, 0.5) is 0 Å². The van der Waals surface area contributed by atoms with Gasteiger partial charge in [0.1, 0.15) is 18.8 Å². The van der Waals surface area contributed by atoms with Crippen LogP contribution in [0.1, 0.15) is 31.9 Å². The molecule has 0 unspecified atom stereocenters. The SMILES string of the molecule is CC(=O)OC[C@H]1[C@@H](OCc2ccccc2)[C@H](OCc2ccccc2)[C@H]2[C@H](OC(C)=O)[C@@H](OC(C)=O)CN21.